The van der Waals surface area contributed by atoms with Crippen LogP contribution in [-0.2, 0) is 13.1 Å². The zero-order chi connectivity index (χ0) is 9.97. The first-order chi connectivity index (χ1) is 6.83. The molecule has 0 radical (unpaired) electrons. The summed E-state index contributed by atoms with van der Waals surface area (Å²) < 4.78 is 0. The number of amides is 1. The molecule has 0 bridgehead atoms. The minimum atomic E-state index is 0.0352. The smallest absolute Gasteiger partial charge is 0.251 e. The standard InChI is InChI=1S/C11H14N2O/c1-2-13-11(14)9-5-3-4-8-6-12-7-10(8)9/h3-5,12H,2,6-7H2,1H3,(H,13,14). The van der Waals surface area contributed by atoms with Gasteiger partial charge in [0.05, 0.1) is 0 Å². The van der Waals surface area contributed by atoms with Crippen LogP contribution in [0.3, 0.4) is 0 Å². The largest absolute Gasteiger partial charge is 0.352 e. The zero-order valence-corrected chi connectivity index (χ0v) is 8.26. The monoisotopic (exact) mass is 190 g/mol. The Morgan fingerprint density at radius 3 is 3.14 bits per heavy atom. The average Bonchev–Trinajstić information content (AvgIpc) is 2.65. The van der Waals surface area contributed by atoms with Gasteiger partial charge in [-0.05, 0) is 24.1 Å². The number of carbonyl (C=O) groups excluding carboxylic acids is 1. The van der Waals surface area contributed by atoms with Crippen molar-refractivity contribution in [1.29, 1.82) is 0 Å². The third kappa shape index (κ3) is 1.51. The maximum atomic E-state index is 11.7. The normalized spacial score (nSPS) is 13.8. The van der Waals surface area contributed by atoms with Crippen molar-refractivity contribution in [3.05, 3.63) is 34.9 Å². The molecule has 1 aromatic rings. The Bertz CT molecular complexity index is 360. The molecular formula is C11H14N2O. The first-order valence-electron chi connectivity index (χ1n) is 4.92. The van der Waals surface area contributed by atoms with Crippen LogP contribution in [0.15, 0.2) is 18.2 Å². The van der Waals surface area contributed by atoms with Crippen molar-refractivity contribution in [3.63, 3.8) is 0 Å². The summed E-state index contributed by atoms with van der Waals surface area (Å²) in [6, 6.07) is 5.89. The van der Waals surface area contributed by atoms with Crippen molar-refractivity contribution in [2.45, 2.75) is 20.0 Å². The highest BCUT2D eigenvalue weighted by Gasteiger charge is 2.17. The van der Waals surface area contributed by atoms with E-state index in [2.05, 4.69) is 16.7 Å². The maximum Gasteiger partial charge on any atom is 0.251 e. The number of hydrogen-bond donors (Lipinski definition) is 2. The fourth-order valence-corrected chi connectivity index (χ4v) is 1.80. The molecule has 0 spiro atoms. The second-order valence-corrected chi connectivity index (χ2v) is 3.41. The Kier molecular flexibility index (Phi) is 2.50. The summed E-state index contributed by atoms with van der Waals surface area (Å²) in [5.74, 6) is 0.0352. The lowest BCUT2D eigenvalue weighted by Gasteiger charge is -2.06. The fourth-order valence-electron chi connectivity index (χ4n) is 1.80. The average molecular weight is 190 g/mol. The number of nitrogens with one attached hydrogen (secondary N) is 2. The van der Waals surface area contributed by atoms with E-state index in [-0.39, 0.29) is 5.91 Å². The van der Waals surface area contributed by atoms with Gasteiger partial charge in [-0.2, -0.15) is 0 Å². The van der Waals surface area contributed by atoms with Crippen molar-refractivity contribution < 1.29 is 4.79 Å². The van der Waals surface area contributed by atoms with Crippen LogP contribution in [0.25, 0.3) is 0 Å². The van der Waals surface area contributed by atoms with Crippen LogP contribution in [0.2, 0.25) is 0 Å². The molecule has 0 aromatic heterocycles. The van der Waals surface area contributed by atoms with Crippen LogP contribution >= 0.6 is 0 Å². The molecule has 74 valence electrons. The highest BCUT2D eigenvalue weighted by Crippen LogP contribution is 2.19. The summed E-state index contributed by atoms with van der Waals surface area (Å²) in [7, 11) is 0. The fraction of sp³-hybridized carbons (Fsp3) is 0.364. The lowest BCUT2D eigenvalue weighted by molar-refractivity contribution is 0.0955. The SMILES string of the molecule is CCNC(=O)c1cccc2c1CNC2. The van der Waals surface area contributed by atoms with Gasteiger partial charge in [0.2, 0.25) is 0 Å². The van der Waals surface area contributed by atoms with E-state index >= 15 is 0 Å². The van der Waals surface area contributed by atoms with Crippen molar-refractivity contribution in [2.24, 2.45) is 0 Å². The summed E-state index contributed by atoms with van der Waals surface area (Å²) in [6.07, 6.45) is 0. The van der Waals surface area contributed by atoms with Crippen molar-refractivity contribution in [1.82, 2.24) is 10.6 Å². The Hall–Kier alpha value is -1.35. The van der Waals surface area contributed by atoms with Gasteiger partial charge in [-0.3, -0.25) is 4.79 Å². The number of rotatable bonds is 2. The summed E-state index contributed by atoms with van der Waals surface area (Å²) in [5, 5.41) is 6.07. The molecule has 0 saturated carbocycles. The van der Waals surface area contributed by atoms with Crippen molar-refractivity contribution in [3.8, 4) is 0 Å². The molecule has 1 heterocycles. The van der Waals surface area contributed by atoms with Crippen LogP contribution in [0.1, 0.15) is 28.4 Å². The molecule has 2 N–H and O–H groups in total. The van der Waals surface area contributed by atoms with E-state index in [0.717, 1.165) is 24.2 Å². The highest BCUT2D eigenvalue weighted by atomic mass is 16.1. The van der Waals surface area contributed by atoms with Crippen molar-refractivity contribution >= 4 is 5.91 Å². The Morgan fingerprint density at radius 2 is 2.36 bits per heavy atom. The lowest BCUT2D eigenvalue weighted by atomic mass is 10.0. The predicted octanol–water partition coefficient (Wildman–Crippen LogP) is 1.04. The van der Waals surface area contributed by atoms with E-state index in [4.69, 9.17) is 0 Å². The predicted molar refractivity (Wildman–Crippen MR) is 55.0 cm³/mol. The van der Waals surface area contributed by atoms with Gasteiger partial charge in [0.25, 0.3) is 5.91 Å². The van der Waals surface area contributed by atoms with E-state index in [1.54, 1.807) is 0 Å². The highest BCUT2D eigenvalue weighted by molar-refractivity contribution is 5.96. The van der Waals surface area contributed by atoms with E-state index in [1.807, 2.05) is 19.1 Å². The van der Waals surface area contributed by atoms with Crippen LogP contribution in [0.5, 0.6) is 0 Å². The Balaban J connectivity index is 2.34. The second kappa shape index (κ2) is 3.80. The Labute approximate surface area is 83.5 Å². The molecule has 0 aliphatic carbocycles. The topological polar surface area (TPSA) is 41.1 Å². The Morgan fingerprint density at radius 1 is 1.50 bits per heavy atom. The van der Waals surface area contributed by atoms with Gasteiger partial charge in [0.15, 0.2) is 0 Å². The zero-order valence-electron chi connectivity index (χ0n) is 8.26. The van der Waals surface area contributed by atoms with E-state index < -0.39 is 0 Å². The van der Waals surface area contributed by atoms with Crippen LogP contribution < -0.4 is 10.6 Å². The molecule has 1 aliphatic rings. The molecule has 3 nitrogen and oxygen atoms in total. The molecule has 0 unspecified atom stereocenters. The van der Waals surface area contributed by atoms with E-state index in [1.165, 1.54) is 5.56 Å². The van der Waals surface area contributed by atoms with Gasteiger partial charge in [-0.1, -0.05) is 12.1 Å². The first-order valence-corrected chi connectivity index (χ1v) is 4.92. The first kappa shape index (κ1) is 9.21. The molecule has 1 amide bonds. The lowest BCUT2D eigenvalue weighted by Crippen LogP contribution is -2.24. The number of hydrogen-bond acceptors (Lipinski definition) is 2. The van der Waals surface area contributed by atoms with Crippen molar-refractivity contribution in [2.75, 3.05) is 6.54 Å². The van der Waals surface area contributed by atoms with Gasteiger partial charge >= 0.3 is 0 Å². The van der Waals surface area contributed by atoms with E-state index in [0.29, 0.717) is 6.54 Å². The van der Waals surface area contributed by atoms with Gasteiger partial charge < -0.3 is 10.6 Å². The quantitative estimate of drug-likeness (QED) is 0.731. The molecule has 0 fully saturated rings. The van der Waals surface area contributed by atoms with Gasteiger partial charge in [-0.25, -0.2) is 0 Å². The summed E-state index contributed by atoms with van der Waals surface area (Å²) in [4.78, 5) is 11.7. The molecule has 3 heteroatoms. The maximum absolute atomic E-state index is 11.7. The number of carbonyl (C=O) groups is 1. The van der Waals surface area contributed by atoms with Crippen LogP contribution in [-0.4, -0.2) is 12.5 Å². The minimum Gasteiger partial charge on any atom is -0.352 e. The third-order valence-corrected chi connectivity index (χ3v) is 2.47. The summed E-state index contributed by atoms with van der Waals surface area (Å²) >= 11 is 0. The van der Waals surface area contributed by atoms with Gasteiger partial charge in [-0.15, -0.1) is 0 Å². The molecule has 0 atom stereocenters. The van der Waals surface area contributed by atoms with E-state index in [9.17, 15) is 4.79 Å². The van der Waals surface area contributed by atoms with Gasteiger partial charge in [0.1, 0.15) is 0 Å². The molecule has 1 aromatic carbocycles. The second-order valence-electron chi connectivity index (χ2n) is 3.41. The molecule has 2 rings (SSSR count). The van der Waals surface area contributed by atoms with Gasteiger partial charge in [0, 0.05) is 25.2 Å². The number of benzene rings is 1. The molecule has 14 heavy (non-hydrogen) atoms. The van der Waals surface area contributed by atoms with Crippen LogP contribution in [0.4, 0.5) is 0 Å². The van der Waals surface area contributed by atoms with Crippen LogP contribution in [0, 0.1) is 0 Å². The third-order valence-electron chi connectivity index (χ3n) is 2.47. The summed E-state index contributed by atoms with van der Waals surface area (Å²) in [6.45, 7) is 4.29. The number of fused-ring (bicyclic) bond motifs is 1. The molecule has 0 saturated heterocycles. The molecular weight excluding hydrogens is 176 g/mol. The summed E-state index contributed by atoms with van der Waals surface area (Å²) in [5.41, 5.74) is 3.21. The molecule has 1 aliphatic heterocycles. The minimum absolute atomic E-state index is 0.0352.